The van der Waals surface area contributed by atoms with Gasteiger partial charge in [0, 0.05) is 23.8 Å². The Balaban J connectivity index is 0.00000120. The summed E-state index contributed by atoms with van der Waals surface area (Å²) in [6.07, 6.45) is 3.54. The number of rotatable bonds is 2. The average molecular weight is 410 g/mol. The van der Waals surface area contributed by atoms with Crippen molar-refractivity contribution in [1.82, 2.24) is 15.0 Å². The molecule has 0 N–H and O–H groups in total. The van der Waals surface area contributed by atoms with E-state index in [4.69, 9.17) is 0 Å². The van der Waals surface area contributed by atoms with Gasteiger partial charge in [0.1, 0.15) is 0 Å². The van der Waals surface area contributed by atoms with Crippen molar-refractivity contribution in [1.29, 1.82) is 0 Å². The number of aromatic nitrogens is 3. The third-order valence-corrected chi connectivity index (χ3v) is 2.49. The molecule has 0 aliphatic heterocycles. The molecule has 1 radical (unpaired) electrons. The van der Waals surface area contributed by atoms with Gasteiger partial charge in [0.05, 0.1) is 0 Å². The first kappa shape index (κ1) is 12.7. The average Bonchev–Trinajstić information content (AvgIpc) is 2.90. The SMILES string of the molecule is [Os+].c1ccc(-c2ccc(-c3ccccn3)[n-]2)nc1. The summed E-state index contributed by atoms with van der Waals surface area (Å²) >= 11 is 0. The molecule has 3 heterocycles. The third-order valence-electron chi connectivity index (χ3n) is 2.49. The van der Waals surface area contributed by atoms with Gasteiger partial charge in [0.15, 0.2) is 0 Å². The van der Waals surface area contributed by atoms with Crippen LogP contribution in [0.5, 0.6) is 0 Å². The minimum atomic E-state index is 0. The Bertz CT molecular complexity index is 551. The van der Waals surface area contributed by atoms with E-state index in [-0.39, 0.29) is 19.8 Å². The van der Waals surface area contributed by atoms with Gasteiger partial charge >= 0.3 is 19.8 Å². The second-order valence-electron chi connectivity index (χ2n) is 3.65. The van der Waals surface area contributed by atoms with Crippen LogP contribution in [-0.2, 0) is 19.8 Å². The summed E-state index contributed by atoms with van der Waals surface area (Å²) in [4.78, 5) is 13.1. The monoisotopic (exact) mass is 412 g/mol. The van der Waals surface area contributed by atoms with Crippen LogP contribution < -0.4 is 4.98 Å². The van der Waals surface area contributed by atoms with Crippen molar-refractivity contribution >= 4 is 0 Å². The normalized spacial score (nSPS) is 9.78. The molecule has 0 bridgehead atoms. The summed E-state index contributed by atoms with van der Waals surface area (Å²) < 4.78 is 0. The van der Waals surface area contributed by atoms with Crippen molar-refractivity contribution in [3.63, 3.8) is 0 Å². The van der Waals surface area contributed by atoms with E-state index in [2.05, 4.69) is 15.0 Å². The second-order valence-corrected chi connectivity index (χ2v) is 3.65. The van der Waals surface area contributed by atoms with E-state index in [1.54, 1.807) is 12.4 Å². The van der Waals surface area contributed by atoms with Crippen LogP contribution in [0.3, 0.4) is 0 Å². The number of hydrogen-bond acceptors (Lipinski definition) is 2. The quantitative estimate of drug-likeness (QED) is 0.652. The van der Waals surface area contributed by atoms with Crippen molar-refractivity contribution in [2.24, 2.45) is 0 Å². The van der Waals surface area contributed by atoms with Gasteiger partial charge in [-0.25, -0.2) is 0 Å². The Morgan fingerprint density at radius 3 is 1.56 bits per heavy atom. The van der Waals surface area contributed by atoms with Crippen LogP contribution in [0.2, 0.25) is 0 Å². The molecule has 0 aliphatic carbocycles. The Morgan fingerprint density at radius 2 is 1.17 bits per heavy atom. The van der Waals surface area contributed by atoms with E-state index in [0.717, 1.165) is 22.8 Å². The molecule has 0 saturated carbocycles. The molecule has 89 valence electrons. The van der Waals surface area contributed by atoms with Crippen molar-refractivity contribution in [2.75, 3.05) is 0 Å². The van der Waals surface area contributed by atoms with Gasteiger partial charge in [0.2, 0.25) is 0 Å². The predicted molar refractivity (Wildman–Crippen MR) is 66.2 cm³/mol. The summed E-state index contributed by atoms with van der Waals surface area (Å²) in [6, 6.07) is 15.5. The van der Waals surface area contributed by atoms with Crippen LogP contribution in [0.15, 0.2) is 60.9 Å². The van der Waals surface area contributed by atoms with E-state index < -0.39 is 0 Å². The smallest absolute Gasteiger partial charge is 0.654 e. The molecule has 0 fully saturated rings. The molecule has 18 heavy (non-hydrogen) atoms. The molecule has 0 aliphatic rings. The Kier molecular flexibility index (Phi) is 4.02. The second kappa shape index (κ2) is 5.71. The standard InChI is InChI=1S/C14H10N3.Os/c1-3-9-15-11(5-1)13-7-8-14(17-13)12-6-2-4-10-16-12;/h1-10H;/q-1;+1. The van der Waals surface area contributed by atoms with E-state index in [1.165, 1.54) is 0 Å². The molecule has 0 aromatic carbocycles. The van der Waals surface area contributed by atoms with Crippen molar-refractivity contribution < 1.29 is 19.8 Å². The molecule has 0 amide bonds. The maximum Gasteiger partial charge on any atom is 1.00 e. The molecule has 3 rings (SSSR count). The fourth-order valence-corrected chi connectivity index (χ4v) is 1.68. The van der Waals surface area contributed by atoms with Gasteiger partial charge in [-0.3, -0.25) is 9.97 Å². The van der Waals surface area contributed by atoms with Crippen molar-refractivity contribution in [2.45, 2.75) is 0 Å². The molecule has 0 unspecified atom stereocenters. The zero-order chi connectivity index (χ0) is 11.5. The van der Waals surface area contributed by atoms with E-state index in [9.17, 15) is 0 Å². The zero-order valence-corrected chi connectivity index (χ0v) is 12.0. The Labute approximate surface area is 118 Å². The Morgan fingerprint density at radius 1 is 0.667 bits per heavy atom. The zero-order valence-electron chi connectivity index (χ0n) is 9.47. The summed E-state index contributed by atoms with van der Waals surface area (Å²) in [5, 5.41) is 0. The maximum atomic E-state index is 4.53. The Hall–Kier alpha value is -1.78. The number of pyridine rings is 2. The van der Waals surface area contributed by atoms with E-state index in [1.807, 2.05) is 48.5 Å². The van der Waals surface area contributed by atoms with Crippen molar-refractivity contribution in [3.05, 3.63) is 60.9 Å². The van der Waals surface area contributed by atoms with Crippen LogP contribution in [-0.4, -0.2) is 9.97 Å². The molecular formula is C14H10N3Os. The molecule has 3 nitrogen and oxygen atoms in total. The summed E-state index contributed by atoms with van der Waals surface area (Å²) in [6.45, 7) is 0. The minimum Gasteiger partial charge on any atom is -0.654 e. The van der Waals surface area contributed by atoms with Gasteiger partial charge in [0.25, 0.3) is 0 Å². The molecular weight excluding hydrogens is 400 g/mol. The summed E-state index contributed by atoms with van der Waals surface area (Å²) in [7, 11) is 0. The summed E-state index contributed by atoms with van der Waals surface area (Å²) in [5.41, 5.74) is 3.53. The van der Waals surface area contributed by atoms with E-state index in [0.29, 0.717) is 0 Å². The van der Waals surface area contributed by atoms with Crippen LogP contribution in [0.4, 0.5) is 0 Å². The fourth-order valence-electron chi connectivity index (χ4n) is 1.68. The van der Waals surface area contributed by atoms with Crippen molar-refractivity contribution in [3.8, 4) is 22.8 Å². The van der Waals surface area contributed by atoms with E-state index >= 15 is 0 Å². The predicted octanol–water partition coefficient (Wildman–Crippen LogP) is 2.77. The third kappa shape index (κ3) is 2.55. The minimum absolute atomic E-state index is 0. The maximum absolute atomic E-state index is 4.53. The summed E-state index contributed by atoms with van der Waals surface area (Å²) in [5.74, 6) is 0. The van der Waals surface area contributed by atoms with Gasteiger partial charge in [-0.2, -0.15) is 0 Å². The van der Waals surface area contributed by atoms with Crippen LogP contribution >= 0.6 is 0 Å². The first-order valence-corrected chi connectivity index (χ1v) is 5.40. The van der Waals surface area contributed by atoms with Gasteiger partial charge in [-0.15, -0.1) is 11.4 Å². The topological polar surface area (TPSA) is 39.9 Å². The van der Waals surface area contributed by atoms with Gasteiger partial charge < -0.3 is 4.98 Å². The molecule has 3 aromatic heterocycles. The molecule has 3 aromatic rings. The first-order chi connectivity index (χ1) is 8.43. The number of hydrogen-bond donors (Lipinski definition) is 0. The first-order valence-electron chi connectivity index (χ1n) is 5.40. The molecule has 0 atom stereocenters. The van der Waals surface area contributed by atoms with Gasteiger partial charge in [-0.1, -0.05) is 24.3 Å². The van der Waals surface area contributed by atoms with Crippen LogP contribution in [0, 0.1) is 0 Å². The molecule has 0 spiro atoms. The molecule has 4 heteroatoms. The van der Waals surface area contributed by atoms with Crippen LogP contribution in [0.25, 0.3) is 22.8 Å². The largest absolute Gasteiger partial charge is 1.00 e. The molecule has 0 saturated heterocycles. The fraction of sp³-hybridized carbons (Fsp3) is 0. The van der Waals surface area contributed by atoms with Crippen LogP contribution in [0.1, 0.15) is 0 Å². The number of nitrogens with zero attached hydrogens (tertiary/aromatic N) is 3. The van der Waals surface area contributed by atoms with Gasteiger partial charge in [-0.05, 0) is 24.3 Å².